The van der Waals surface area contributed by atoms with Crippen LogP contribution in [0.25, 0.3) is 38.7 Å². The van der Waals surface area contributed by atoms with Crippen LogP contribution >= 0.6 is 7.14 Å². The van der Waals surface area contributed by atoms with Crippen molar-refractivity contribution in [2.24, 2.45) is 0 Å². The van der Waals surface area contributed by atoms with Gasteiger partial charge in [0, 0.05) is 28.3 Å². The molecular weight excluding hydrogens is 451 g/mol. The number of fused-ring (bicyclic) bond motifs is 2. The Bertz CT molecular complexity index is 1450. The van der Waals surface area contributed by atoms with Crippen LogP contribution < -0.4 is 5.30 Å². The zero-order valence-corrected chi connectivity index (χ0v) is 22.0. The van der Waals surface area contributed by atoms with Crippen molar-refractivity contribution in [3.8, 4) is 11.1 Å². The summed E-state index contributed by atoms with van der Waals surface area (Å²) >= 11 is 0. The van der Waals surface area contributed by atoms with Crippen molar-refractivity contribution >= 4 is 46.0 Å². The van der Waals surface area contributed by atoms with E-state index in [1.807, 2.05) is 36.4 Å². The van der Waals surface area contributed by atoms with Gasteiger partial charge < -0.3 is 9.30 Å². The van der Waals surface area contributed by atoms with Crippen LogP contribution in [-0.2, 0) is 14.1 Å². The van der Waals surface area contributed by atoms with Crippen LogP contribution in [0.1, 0.15) is 40.2 Å². The first-order valence-electron chi connectivity index (χ1n) is 12.3. The Morgan fingerprint density at radius 2 is 1.34 bits per heavy atom. The Morgan fingerprint density at radius 3 is 1.91 bits per heavy atom. The average Bonchev–Trinajstić information content (AvgIpc) is 2.86. The van der Waals surface area contributed by atoms with Crippen LogP contribution in [0.15, 0.2) is 78.9 Å². The third-order valence-corrected chi connectivity index (χ3v) is 10.9. The Kier molecular flexibility index (Phi) is 7.28. The molecule has 0 fully saturated rings. The maximum Gasteiger partial charge on any atom is 0.330 e. The molecule has 0 saturated heterocycles. The average molecular weight is 485 g/mol. The van der Waals surface area contributed by atoms with Gasteiger partial charge in [0.05, 0.1) is 6.61 Å². The van der Waals surface area contributed by atoms with Gasteiger partial charge in [-0.05, 0) is 45.7 Å². The van der Waals surface area contributed by atoms with Crippen LogP contribution in [0.5, 0.6) is 0 Å². The van der Waals surface area contributed by atoms with Gasteiger partial charge in [0.2, 0.25) is 0 Å². The Labute approximate surface area is 208 Å². The van der Waals surface area contributed by atoms with Gasteiger partial charge in [0.1, 0.15) is 7.14 Å². The molecule has 0 aromatic heterocycles. The minimum atomic E-state index is -2.79. The summed E-state index contributed by atoms with van der Waals surface area (Å²) in [7, 11) is -2.79. The number of carbonyl (C=O) groups is 1. The zero-order chi connectivity index (χ0) is 25.2. The van der Waals surface area contributed by atoms with E-state index in [1.165, 1.54) is 6.08 Å². The molecule has 0 heterocycles. The van der Waals surface area contributed by atoms with E-state index in [-0.39, 0.29) is 17.3 Å². The highest BCUT2D eigenvalue weighted by atomic mass is 31.2. The van der Waals surface area contributed by atoms with E-state index in [0.717, 1.165) is 43.5 Å². The molecule has 0 amide bonds. The fraction of sp³-hybridized carbons (Fsp3) is 0.258. The molecule has 4 aromatic rings. The van der Waals surface area contributed by atoms with Gasteiger partial charge in [0.25, 0.3) is 0 Å². The molecule has 4 rings (SSSR count). The van der Waals surface area contributed by atoms with E-state index in [0.29, 0.717) is 6.61 Å². The maximum atomic E-state index is 14.8. The lowest BCUT2D eigenvalue weighted by Crippen LogP contribution is -2.22. The van der Waals surface area contributed by atoms with Crippen LogP contribution in [0.2, 0.25) is 0 Å². The van der Waals surface area contributed by atoms with Crippen molar-refractivity contribution in [3.05, 3.63) is 84.4 Å². The van der Waals surface area contributed by atoms with Crippen molar-refractivity contribution in [2.45, 2.75) is 45.9 Å². The molecule has 180 valence electrons. The monoisotopic (exact) mass is 484 g/mol. The molecule has 0 spiro atoms. The Hall–Kier alpha value is -3.16. The van der Waals surface area contributed by atoms with Crippen molar-refractivity contribution < 1.29 is 14.1 Å². The number of benzene rings is 4. The van der Waals surface area contributed by atoms with Crippen LogP contribution in [0.4, 0.5) is 0 Å². The Morgan fingerprint density at radius 1 is 0.800 bits per heavy atom. The number of carbonyl (C=O) groups excluding carboxylic acids is 1. The van der Waals surface area contributed by atoms with Gasteiger partial charge in [-0.25, -0.2) is 4.79 Å². The van der Waals surface area contributed by atoms with Crippen LogP contribution in [0, 0.1) is 0 Å². The molecule has 0 radical (unpaired) electrons. The molecule has 0 N–H and O–H groups in total. The number of ether oxygens (including phenoxy) is 1. The molecule has 0 unspecified atom stereocenters. The van der Waals surface area contributed by atoms with E-state index in [1.54, 1.807) is 6.92 Å². The smallest absolute Gasteiger partial charge is 0.330 e. The molecule has 0 atom stereocenters. The van der Waals surface area contributed by atoms with Crippen molar-refractivity contribution in [1.82, 2.24) is 0 Å². The highest BCUT2D eigenvalue weighted by molar-refractivity contribution is 7.73. The predicted molar refractivity (Wildman–Crippen MR) is 150 cm³/mol. The van der Waals surface area contributed by atoms with Crippen LogP contribution in [0.3, 0.4) is 0 Å². The second-order valence-corrected chi connectivity index (χ2v) is 13.4. The Balaban J connectivity index is 2.17. The molecular formula is C31H33O3P. The lowest BCUT2D eigenvalue weighted by molar-refractivity contribution is -0.137. The molecule has 35 heavy (non-hydrogen) atoms. The topological polar surface area (TPSA) is 43.4 Å². The van der Waals surface area contributed by atoms with E-state index in [4.69, 9.17) is 4.74 Å². The summed E-state index contributed by atoms with van der Waals surface area (Å²) in [5.41, 5.74) is 2.88. The first-order chi connectivity index (χ1) is 16.8. The minimum absolute atomic E-state index is 0.00378. The quantitative estimate of drug-likeness (QED) is 0.151. The molecule has 4 heteroatoms. The highest BCUT2D eigenvalue weighted by Gasteiger charge is 2.35. The summed E-state index contributed by atoms with van der Waals surface area (Å²) in [4.78, 5) is 12.2. The number of hydrogen-bond donors (Lipinski definition) is 0. The van der Waals surface area contributed by atoms with Gasteiger partial charge in [-0.2, -0.15) is 0 Å². The summed E-state index contributed by atoms with van der Waals surface area (Å²) in [5, 5.41) is 5.23. The van der Waals surface area contributed by atoms with Crippen LogP contribution in [-0.4, -0.2) is 23.9 Å². The summed E-state index contributed by atoms with van der Waals surface area (Å²) < 4.78 is 19.9. The molecule has 0 aliphatic rings. The number of rotatable bonds is 7. The normalized spacial score (nSPS) is 12.3. The van der Waals surface area contributed by atoms with Crippen molar-refractivity contribution in [2.75, 3.05) is 6.61 Å². The summed E-state index contributed by atoms with van der Waals surface area (Å²) in [5.74, 6) is -0.375. The summed E-state index contributed by atoms with van der Waals surface area (Å²) in [6.07, 6.45) is 3.30. The standard InChI is InChI=1S/C31H33O3P/c1-6-34-29(32)20-18-25-16-15-23-11-7-9-13-26(23)30(25)31-27-14-10-8-12-24(27)17-19-28(31)35(33,21(2)3)22(4)5/h7-22H,6H2,1-5H3/b20-18+. The molecule has 4 aromatic carbocycles. The molecule has 3 nitrogen and oxygen atoms in total. The largest absolute Gasteiger partial charge is 0.463 e. The second kappa shape index (κ2) is 10.2. The fourth-order valence-electron chi connectivity index (χ4n) is 5.02. The third-order valence-electron chi connectivity index (χ3n) is 6.71. The molecule has 0 bridgehead atoms. The summed E-state index contributed by atoms with van der Waals surface area (Å²) in [6, 6.07) is 24.8. The third kappa shape index (κ3) is 4.58. The van der Waals surface area contributed by atoms with E-state index >= 15 is 0 Å². The first-order valence-corrected chi connectivity index (χ1v) is 14.1. The fourth-order valence-corrected chi connectivity index (χ4v) is 8.22. The lowest BCUT2D eigenvalue weighted by Gasteiger charge is -2.30. The van der Waals surface area contributed by atoms with Gasteiger partial charge >= 0.3 is 5.97 Å². The van der Waals surface area contributed by atoms with Gasteiger partial charge in [-0.15, -0.1) is 0 Å². The van der Waals surface area contributed by atoms with E-state index in [2.05, 4.69) is 70.2 Å². The lowest BCUT2D eigenvalue weighted by atomic mass is 9.90. The molecule has 0 aliphatic heterocycles. The first kappa shape index (κ1) is 24.9. The zero-order valence-electron chi connectivity index (χ0n) is 21.1. The number of hydrogen-bond acceptors (Lipinski definition) is 3. The minimum Gasteiger partial charge on any atom is -0.463 e. The van der Waals surface area contributed by atoms with Crippen molar-refractivity contribution in [1.29, 1.82) is 0 Å². The van der Waals surface area contributed by atoms with E-state index < -0.39 is 7.14 Å². The second-order valence-electron chi connectivity index (χ2n) is 9.41. The van der Waals surface area contributed by atoms with E-state index in [9.17, 15) is 9.36 Å². The SMILES string of the molecule is CCOC(=O)/C=C/c1ccc2ccccc2c1-c1c(P(=O)(C(C)C)C(C)C)ccc2ccccc12. The van der Waals surface area contributed by atoms with Gasteiger partial charge in [-0.1, -0.05) is 100 Å². The van der Waals surface area contributed by atoms with Crippen molar-refractivity contribution in [3.63, 3.8) is 0 Å². The molecule has 0 aliphatic carbocycles. The molecule has 0 saturated carbocycles. The number of esters is 1. The maximum absolute atomic E-state index is 14.8. The van der Waals surface area contributed by atoms with Gasteiger partial charge in [-0.3, -0.25) is 0 Å². The highest BCUT2D eigenvalue weighted by Crippen LogP contribution is 2.56. The van der Waals surface area contributed by atoms with Gasteiger partial charge in [0.15, 0.2) is 0 Å². The summed E-state index contributed by atoms with van der Waals surface area (Å²) in [6.45, 7) is 10.4. The predicted octanol–water partition coefficient (Wildman–Crippen LogP) is 8.04.